The van der Waals surface area contributed by atoms with Gasteiger partial charge in [-0.15, -0.1) is 11.3 Å². The highest BCUT2D eigenvalue weighted by Gasteiger charge is 2.16. The summed E-state index contributed by atoms with van der Waals surface area (Å²) in [5.74, 6) is 0.897. The van der Waals surface area contributed by atoms with E-state index in [1.807, 2.05) is 24.3 Å². The van der Waals surface area contributed by atoms with Crippen molar-refractivity contribution in [1.82, 2.24) is 5.32 Å². The number of halogens is 1. The summed E-state index contributed by atoms with van der Waals surface area (Å²) in [4.78, 5) is 2.69. The van der Waals surface area contributed by atoms with Gasteiger partial charge in [0.1, 0.15) is 5.75 Å². The van der Waals surface area contributed by atoms with Gasteiger partial charge in [-0.2, -0.15) is 0 Å². The van der Waals surface area contributed by atoms with E-state index in [4.69, 9.17) is 4.74 Å². The van der Waals surface area contributed by atoms with Crippen molar-refractivity contribution >= 4 is 27.3 Å². The second-order valence-electron chi connectivity index (χ2n) is 4.56. The maximum atomic E-state index is 5.58. The fourth-order valence-corrected chi connectivity index (χ4v) is 3.66. The topological polar surface area (TPSA) is 21.3 Å². The molecule has 0 aliphatic rings. The molecule has 0 bridgehead atoms. The highest BCUT2D eigenvalue weighted by molar-refractivity contribution is 9.10. The summed E-state index contributed by atoms with van der Waals surface area (Å²) >= 11 is 5.44. The molecular weight excluding hydrogens is 334 g/mol. The number of aryl methyl sites for hydroxylation is 1. The van der Waals surface area contributed by atoms with Crippen LogP contribution in [0.3, 0.4) is 0 Å². The van der Waals surface area contributed by atoms with Gasteiger partial charge < -0.3 is 10.1 Å². The molecule has 1 heterocycles. The standard InChI is InChI=1S/C16H20BrNOS/c1-4-18-16(15-9-6-11(3)20-15)12-7-8-14(19-5-2)13(17)10-12/h6-10,16,18H,4-5H2,1-3H3. The van der Waals surface area contributed by atoms with Crippen LogP contribution in [0.1, 0.15) is 35.2 Å². The lowest BCUT2D eigenvalue weighted by Gasteiger charge is -2.18. The molecule has 0 aliphatic carbocycles. The third-order valence-electron chi connectivity index (χ3n) is 3.04. The highest BCUT2D eigenvalue weighted by atomic mass is 79.9. The molecule has 4 heteroatoms. The van der Waals surface area contributed by atoms with E-state index in [0.29, 0.717) is 6.61 Å². The zero-order valence-electron chi connectivity index (χ0n) is 12.1. The van der Waals surface area contributed by atoms with Crippen molar-refractivity contribution in [2.75, 3.05) is 13.2 Å². The number of hydrogen-bond acceptors (Lipinski definition) is 3. The monoisotopic (exact) mass is 353 g/mol. The van der Waals surface area contributed by atoms with Crippen LogP contribution in [0.4, 0.5) is 0 Å². The first-order valence-corrected chi connectivity index (χ1v) is 8.48. The second-order valence-corrected chi connectivity index (χ2v) is 6.74. The van der Waals surface area contributed by atoms with Crippen LogP contribution in [0, 0.1) is 6.92 Å². The Kier molecular flexibility index (Phi) is 5.64. The molecule has 0 saturated heterocycles. The molecule has 0 saturated carbocycles. The molecule has 1 unspecified atom stereocenters. The Hall–Kier alpha value is -0.840. The van der Waals surface area contributed by atoms with Crippen LogP contribution in [0.15, 0.2) is 34.8 Å². The minimum atomic E-state index is 0.241. The molecule has 108 valence electrons. The SMILES string of the molecule is CCNC(c1ccc(OCC)c(Br)c1)c1ccc(C)s1. The molecule has 1 aromatic carbocycles. The van der Waals surface area contributed by atoms with Crippen LogP contribution in [0.2, 0.25) is 0 Å². The van der Waals surface area contributed by atoms with E-state index in [1.165, 1.54) is 15.3 Å². The van der Waals surface area contributed by atoms with Crippen molar-refractivity contribution in [3.05, 3.63) is 50.1 Å². The number of benzene rings is 1. The first kappa shape index (κ1) is 15.5. The smallest absolute Gasteiger partial charge is 0.133 e. The van der Waals surface area contributed by atoms with Crippen molar-refractivity contribution in [3.63, 3.8) is 0 Å². The molecule has 1 aromatic heterocycles. The van der Waals surface area contributed by atoms with E-state index >= 15 is 0 Å². The first-order chi connectivity index (χ1) is 9.65. The van der Waals surface area contributed by atoms with Crippen LogP contribution in [0.5, 0.6) is 5.75 Å². The molecule has 0 spiro atoms. The zero-order chi connectivity index (χ0) is 14.5. The normalized spacial score (nSPS) is 12.4. The van der Waals surface area contributed by atoms with Gasteiger partial charge in [0.15, 0.2) is 0 Å². The molecule has 0 fully saturated rings. The predicted molar refractivity (Wildman–Crippen MR) is 89.9 cm³/mol. The lowest BCUT2D eigenvalue weighted by atomic mass is 10.1. The van der Waals surface area contributed by atoms with Crippen LogP contribution in [0.25, 0.3) is 0 Å². The van der Waals surface area contributed by atoms with Gasteiger partial charge in [-0.05, 0) is 66.2 Å². The van der Waals surface area contributed by atoms with Gasteiger partial charge in [-0.25, -0.2) is 0 Å². The van der Waals surface area contributed by atoms with E-state index < -0.39 is 0 Å². The lowest BCUT2D eigenvalue weighted by Crippen LogP contribution is -2.21. The van der Waals surface area contributed by atoms with Crippen molar-refractivity contribution in [3.8, 4) is 5.75 Å². The van der Waals surface area contributed by atoms with E-state index in [-0.39, 0.29) is 6.04 Å². The number of thiophene rings is 1. The van der Waals surface area contributed by atoms with Crippen molar-refractivity contribution in [2.45, 2.75) is 26.8 Å². The number of nitrogens with one attached hydrogen (secondary N) is 1. The van der Waals surface area contributed by atoms with Gasteiger partial charge in [0.25, 0.3) is 0 Å². The summed E-state index contributed by atoms with van der Waals surface area (Å²) in [6.45, 7) is 7.89. The third-order valence-corrected chi connectivity index (χ3v) is 4.73. The van der Waals surface area contributed by atoms with Gasteiger partial charge in [-0.1, -0.05) is 13.0 Å². The predicted octanol–water partition coefficient (Wildman–Crippen LogP) is 4.92. The second kappa shape index (κ2) is 7.25. The molecular formula is C16H20BrNOS. The third kappa shape index (κ3) is 3.62. The van der Waals surface area contributed by atoms with Gasteiger partial charge in [0, 0.05) is 9.75 Å². The van der Waals surface area contributed by atoms with Crippen molar-refractivity contribution in [2.24, 2.45) is 0 Å². The average Bonchev–Trinajstić information content (AvgIpc) is 2.85. The molecule has 2 nitrogen and oxygen atoms in total. The molecule has 1 N–H and O–H groups in total. The average molecular weight is 354 g/mol. The molecule has 0 aliphatic heterocycles. The van der Waals surface area contributed by atoms with Crippen molar-refractivity contribution in [1.29, 1.82) is 0 Å². The zero-order valence-corrected chi connectivity index (χ0v) is 14.5. The minimum absolute atomic E-state index is 0.241. The Morgan fingerprint density at radius 2 is 2.05 bits per heavy atom. The Morgan fingerprint density at radius 1 is 1.25 bits per heavy atom. The maximum Gasteiger partial charge on any atom is 0.133 e. The summed E-state index contributed by atoms with van der Waals surface area (Å²) in [6.07, 6.45) is 0. The summed E-state index contributed by atoms with van der Waals surface area (Å²) in [5.41, 5.74) is 1.25. The summed E-state index contributed by atoms with van der Waals surface area (Å²) < 4.78 is 6.58. The quantitative estimate of drug-likeness (QED) is 0.795. The van der Waals surface area contributed by atoms with Crippen LogP contribution < -0.4 is 10.1 Å². The van der Waals surface area contributed by atoms with Crippen molar-refractivity contribution < 1.29 is 4.74 Å². The first-order valence-electron chi connectivity index (χ1n) is 6.87. The molecule has 0 amide bonds. The molecule has 20 heavy (non-hydrogen) atoms. The van der Waals surface area contributed by atoms with E-state index in [2.05, 4.69) is 59.4 Å². The largest absolute Gasteiger partial charge is 0.493 e. The Bertz CT molecular complexity index is 567. The van der Waals surface area contributed by atoms with Gasteiger partial charge in [0.05, 0.1) is 17.1 Å². The van der Waals surface area contributed by atoms with Crippen LogP contribution >= 0.6 is 27.3 Å². The Labute approximate surface area is 133 Å². The number of hydrogen-bond donors (Lipinski definition) is 1. The summed E-state index contributed by atoms with van der Waals surface area (Å²) in [6, 6.07) is 10.9. The summed E-state index contributed by atoms with van der Waals surface area (Å²) in [5, 5.41) is 3.56. The molecule has 2 aromatic rings. The minimum Gasteiger partial charge on any atom is -0.493 e. The molecule has 0 radical (unpaired) electrons. The number of rotatable bonds is 6. The van der Waals surface area contributed by atoms with Crippen LogP contribution in [-0.2, 0) is 0 Å². The molecule has 1 atom stereocenters. The highest BCUT2D eigenvalue weighted by Crippen LogP contribution is 2.33. The van der Waals surface area contributed by atoms with E-state index in [1.54, 1.807) is 0 Å². The van der Waals surface area contributed by atoms with Gasteiger partial charge in [-0.3, -0.25) is 0 Å². The lowest BCUT2D eigenvalue weighted by molar-refractivity contribution is 0.338. The Balaban J connectivity index is 2.32. The van der Waals surface area contributed by atoms with E-state index in [0.717, 1.165) is 16.8 Å². The van der Waals surface area contributed by atoms with Gasteiger partial charge in [0.2, 0.25) is 0 Å². The fourth-order valence-electron chi connectivity index (χ4n) is 2.16. The molecule has 2 rings (SSSR count). The fraction of sp³-hybridized carbons (Fsp3) is 0.375. The number of ether oxygens (including phenoxy) is 1. The maximum absolute atomic E-state index is 5.58. The summed E-state index contributed by atoms with van der Waals surface area (Å²) in [7, 11) is 0. The van der Waals surface area contributed by atoms with Crippen LogP contribution in [-0.4, -0.2) is 13.2 Å². The Morgan fingerprint density at radius 3 is 2.60 bits per heavy atom. The van der Waals surface area contributed by atoms with Gasteiger partial charge >= 0.3 is 0 Å². The van der Waals surface area contributed by atoms with E-state index in [9.17, 15) is 0 Å².